The summed E-state index contributed by atoms with van der Waals surface area (Å²) in [6.45, 7) is 4.55. The van der Waals surface area contributed by atoms with Crippen LogP contribution in [0.4, 0.5) is 4.39 Å². The zero-order valence-corrected chi connectivity index (χ0v) is 14.4. The van der Waals surface area contributed by atoms with Crippen LogP contribution in [-0.4, -0.2) is 62.5 Å². The van der Waals surface area contributed by atoms with Crippen LogP contribution in [0.2, 0.25) is 0 Å². The number of alkyl halides is 1. The van der Waals surface area contributed by atoms with E-state index < -0.39 is 29.3 Å². The molecule has 9 heteroatoms. The summed E-state index contributed by atoms with van der Waals surface area (Å²) >= 11 is 2.73. The number of thioether (sulfide) groups is 2. The zero-order valence-electron chi connectivity index (χ0n) is 12.8. The van der Waals surface area contributed by atoms with Crippen molar-refractivity contribution in [2.45, 2.75) is 37.1 Å². The SMILES string of the molecule is CC(=N)N1CC[C@H](SC2=C(C(=O)O)N3C(=O)[C@H]([C@H](C)F)[C@H]3S2)C1. The van der Waals surface area contributed by atoms with Crippen LogP contribution in [0.25, 0.3) is 0 Å². The Hall–Kier alpha value is -1.22. The van der Waals surface area contributed by atoms with E-state index in [1.807, 2.05) is 4.90 Å². The summed E-state index contributed by atoms with van der Waals surface area (Å²) in [7, 11) is 0. The molecule has 2 fully saturated rings. The van der Waals surface area contributed by atoms with E-state index in [9.17, 15) is 19.1 Å². The van der Waals surface area contributed by atoms with E-state index in [2.05, 4.69) is 0 Å². The molecule has 0 saturated carbocycles. The van der Waals surface area contributed by atoms with Crippen molar-refractivity contribution < 1.29 is 19.1 Å². The fraction of sp³-hybridized carbons (Fsp3) is 0.643. The quantitative estimate of drug-likeness (QED) is 0.453. The first-order valence-corrected chi connectivity index (χ1v) is 9.15. The van der Waals surface area contributed by atoms with Crippen molar-refractivity contribution in [2.24, 2.45) is 5.92 Å². The molecule has 0 spiro atoms. The number of β-lactam (4-membered cyclic amide) rings is 1. The van der Waals surface area contributed by atoms with Crippen LogP contribution in [0.1, 0.15) is 20.3 Å². The first-order valence-electron chi connectivity index (χ1n) is 7.39. The maximum atomic E-state index is 13.6. The molecule has 0 aliphatic carbocycles. The largest absolute Gasteiger partial charge is 0.477 e. The molecular weight excluding hydrogens is 341 g/mol. The lowest BCUT2D eigenvalue weighted by atomic mass is 9.93. The fourth-order valence-corrected chi connectivity index (χ4v) is 6.41. The molecule has 4 atom stereocenters. The Morgan fingerprint density at radius 1 is 1.57 bits per heavy atom. The van der Waals surface area contributed by atoms with Crippen LogP contribution in [0, 0.1) is 11.3 Å². The number of halogens is 1. The topological polar surface area (TPSA) is 84.7 Å². The van der Waals surface area contributed by atoms with Crippen LogP contribution in [0.5, 0.6) is 0 Å². The number of amides is 1. The molecule has 3 heterocycles. The fourth-order valence-electron chi connectivity index (χ4n) is 3.09. The smallest absolute Gasteiger partial charge is 0.354 e. The first kappa shape index (κ1) is 16.6. The number of aliphatic carboxylic acids is 1. The third kappa shape index (κ3) is 2.73. The van der Waals surface area contributed by atoms with Gasteiger partial charge in [0.15, 0.2) is 5.70 Å². The van der Waals surface area contributed by atoms with E-state index in [1.165, 1.54) is 35.3 Å². The van der Waals surface area contributed by atoms with E-state index in [0.29, 0.717) is 16.6 Å². The van der Waals surface area contributed by atoms with Crippen molar-refractivity contribution >= 4 is 41.2 Å². The summed E-state index contributed by atoms with van der Waals surface area (Å²) in [5, 5.41) is 16.9. The molecule has 1 amide bonds. The van der Waals surface area contributed by atoms with E-state index in [1.54, 1.807) is 6.92 Å². The number of carboxylic acids is 1. The Kier molecular flexibility index (Phi) is 4.35. The summed E-state index contributed by atoms with van der Waals surface area (Å²) in [5.41, 5.74) is -0.00285. The molecule has 0 aromatic carbocycles. The second-order valence-electron chi connectivity index (χ2n) is 5.92. The minimum Gasteiger partial charge on any atom is -0.477 e. The van der Waals surface area contributed by atoms with Crippen molar-refractivity contribution in [2.75, 3.05) is 13.1 Å². The summed E-state index contributed by atoms with van der Waals surface area (Å²) in [6.07, 6.45) is -0.419. The number of carbonyl (C=O) groups excluding carboxylic acids is 1. The first-order chi connectivity index (χ1) is 10.8. The minimum absolute atomic E-state index is 0.00285. The second-order valence-corrected chi connectivity index (χ2v) is 8.62. The molecule has 0 aromatic heterocycles. The number of amidine groups is 1. The average molecular weight is 359 g/mol. The Bertz CT molecular complexity index is 610. The van der Waals surface area contributed by atoms with Crippen molar-refractivity contribution in [3.8, 4) is 0 Å². The van der Waals surface area contributed by atoms with Gasteiger partial charge < -0.3 is 10.0 Å². The molecule has 0 radical (unpaired) electrons. The van der Waals surface area contributed by atoms with Gasteiger partial charge in [0, 0.05) is 18.3 Å². The number of likely N-dealkylation sites (tertiary alicyclic amines) is 1. The highest BCUT2D eigenvalue weighted by atomic mass is 32.2. The van der Waals surface area contributed by atoms with Gasteiger partial charge in [0.1, 0.15) is 11.5 Å². The van der Waals surface area contributed by atoms with Gasteiger partial charge in [-0.2, -0.15) is 0 Å². The summed E-state index contributed by atoms with van der Waals surface area (Å²) in [5.74, 6) is -1.82. The van der Waals surface area contributed by atoms with Crippen molar-refractivity contribution in [3.05, 3.63) is 9.93 Å². The van der Waals surface area contributed by atoms with Gasteiger partial charge in [-0.1, -0.05) is 11.8 Å². The van der Waals surface area contributed by atoms with E-state index in [-0.39, 0.29) is 10.9 Å². The number of hydrogen-bond donors (Lipinski definition) is 2. The number of hydrogen-bond acceptors (Lipinski definition) is 5. The highest BCUT2D eigenvalue weighted by Crippen LogP contribution is 2.55. The Morgan fingerprint density at radius 3 is 2.78 bits per heavy atom. The lowest BCUT2D eigenvalue weighted by Crippen LogP contribution is -2.60. The van der Waals surface area contributed by atoms with E-state index >= 15 is 0 Å². The summed E-state index contributed by atoms with van der Waals surface area (Å²) in [4.78, 5) is 26.8. The van der Waals surface area contributed by atoms with Crippen LogP contribution in [0.15, 0.2) is 9.93 Å². The lowest BCUT2D eigenvalue weighted by molar-refractivity contribution is -0.154. The van der Waals surface area contributed by atoms with Crippen molar-refractivity contribution in [3.63, 3.8) is 0 Å². The van der Waals surface area contributed by atoms with Gasteiger partial charge in [0.2, 0.25) is 5.91 Å². The second kappa shape index (κ2) is 6.01. The van der Waals surface area contributed by atoms with Gasteiger partial charge in [0.25, 0.3) is 0 Å². The Morgan fingerprint density at radius 2 is 2.26 bits per heavy atom. The van der Waals surface area contributed by atoms with Gasteiger partial charge in [-0.25, -0.2) is 9.18 Å². The zero-order chi connectivity index (χ0) is 16.9. The highest BCUT2D eigenvalue weighted by Gasteiger charge is 2.58. The minimum atomic E-state index is -1.28. The Balaban J connectivity index is 1.75. The van der Waals surface area contributed by atoms with Crippen LogP contribution < -0.4 is 0 Å². The molecule has 23 heavy (non-hydrogen) atoms. The summed E-state index contributed by atoms with van der Waals surface area (Å²) in [6, 6.07) is 0. The monoisotopic (exact) mass is 359 g/mol. The standard InChI is InChI=1S/C14H18FN3O3S2/c1-6(15)9-11(19)18-10(13(20)21)14(23-12(9)18)22-8-3-4-17(5-8)7(2)16/h6,8-9,12,16H,3-5H2,1-2H3,(H,20,21)/t6-,8-,9-,12+/m0/s1. The van der Waals surface area contributed by atoms with Crippen molar-refractivity contribution in [1.82, 2.24) is 9.80 Å². The molecule has 2 N–H and O–H groups in total. The molecule has 126 valence electrons. The molecule has 2 saturated heterocycles. The number of nitrogens with zero attached hydrogens (tertiary/aromatic N) is 2. The third-order valence-electron chi connectivity index (χ3n) is 4.34. The molecule has 6 nitrogen and oxygen atoms in total. The molecule has 0 bridgehead atoms. The summed E-state index contributed by atoms with van der Waals surface area (Å²) < 4.78 is 14.2. The number of nitrogens with one attached hydrogen (secondary N) is 1. The lowest BCUT2D eigenvalue weighted by Gasteiger charge is -2.42. The average Bonchev–Trinajstić information content (AvgIpc) is 3.02. The van der Waals surface area contributed by atoms with Gasteiger partial charge in [-0.3, -0.25) is 15.1 Å². The molecular formula is C14H18FN3O3S2. The van der Waals surface area contributed by atoms with Gasteiger partial charge >= 0.3 is 5.97 Å². The predicted octanol–water partition coefficient (Wildman–Crippen LogP) is 1.93. The third-order valence-corrected chi connectivity index (χ3v) is 7.19. The maximum absolute atomic E-state index is 13.6. The van der Waals surface area contributed by atoms with Crippen LogP contribution in [-0.2, 0) is 9.59 Å². The van der Waals surface area contributed by atoms with Gasteiger partial charge in [-0.15, -0.1) is 11.8 Å². The van der Waals surface area contributed by atoms with Gasteiger partial charge in [-0.05, 0) is 20.3 Å². The molecule has 3 rings (SSSR count). The van der Waals surface area contributed by atoms with E-state index in [4.69, 9.17) is 5.41 Å². The normalized spacial score (nSPS) is 31.3. The highest BCUT2D eigenvalue weighted by molar-refractivity contribution is 8.23. The number of rotatable bonds is 4. The molecule has 0 unspecified atom stereocenters. The van der Waals surface area contributed by atoms with Crippen LogP contribution in [0.3, 0.4) is 0 Å². The molecule has 3 aliphatic heterocycles. The van der Waals surface area contributed by atoms with E-state index in [0.717, 1.165) is 13.0 Å². The van der Waals surface area contributed by atoms with Crippen molar-refractivity contribution in [1.29, 1.82) is 5.41 Å². The maximum Gasteiger partial charge on any atom is 0.354 e. The molecule has 3 aliphatic rings. The number of fused-ring (bicyclic) bond motifs is 1. The predicted molar refractivity (Wildman–Crippen MR) is 87.9 cm³/mol. The number of carbonyl (C=O) groups is 2. The molecule has 0 aromatic rings. The van der Waals surface area contributed by atoms with Gasteiger partial charge in [0.05, 0.1) is 16.0 Å². The van der Waals surface area contributed by atoms with Crippen LogP contribution >= 0.6 is 23.5 Å². The Labute approximate surface area is 142 Å². The number of carboxylic acid groups (broad SMARTS) is 1.